The Kier molecular flexibility index (Phi) is 2.96. The average Bonchev–Trinajstić information content (AvgIpc) is 2.71. The van der Waals surface area contributed by atoms with Crippen molar-refractivity contribution in [1.29, 1.82) is 0 Å². The molecule has 2 aromatic rings. The number of hydrogen-bond donors (Lipinski definition) is 1. The Morgan fingerprint density at radius 2 is 2.12 bits per heavy atom. The van der Waals surface area contributed by atoms with Gasteiger partial charge in [-0.25, -0.2) is 9.67 Å². The minimum Gasteiger partial charge on any atom is -0.313 e. The van der Waals surface area contributed by atoms with Gasteiger partial charge in [-0.1, -0.05) is 0 Å². The number of hydrogen-bond acceptors (Lipinski definition) is 4. The van der Waals surface area contributed by atoms with Gasteiger partial charge in [-0.3, -0.25) is 4.98 Å². The van der Waals surface area contributed by atoms with Crippen molar-refractivity contribution in [2.45, 2.75) is 19.9 Å². The van der Waals surface area contributed by atoms with Gasteiger partial charge in [-0.2, -0.15) is 5.10 Å². The third-order valence-electron chi connectivity index (χ3n) is 2.71. The van der Waals surface area contributed by atoms with Crippen LogP contribution >= 0.6 is 0 Å². The van der Waals surface area contributed by atoms with Crippen molar-refractivity contribution in [3.05, 3.63) is 36.0 Å². The fourth-order valence-corrected chi connectivity index (χ4v) is 1.63. The third kappa shape index (κ3) is 1.81. The van der Waals surface area contributed by atoms with Crippen molar-refractivity contribution in [3.8, 4) is 5.82 Å². The average molecular weight is 217 g/mol. The predicted molar refractivity (Wildman–Crippen MR) is 61.4 cm³/mol. The van der Waals surface area contributed by atoms with E-state index in [-0.39, 0.29) is 6.04 Å². The lowest BCUT2D eigenvalue weighted by atomic mass is 10.1. The van der Waals surface area contributed by atoms with Crippen LogP contribution < -0.4 is 5.32 Å². The van der Waals surface area contributed by atoms with Crippen LogP contribution in [0.25, 0.3) is 5.82 Å². The van der Waals surface area contributed by atoms with Gasteiger partial charge in [-0.05, 0) is 20.9 Å². The summed E-state index contributed by atoms with van der Waals surface area (Å²) in [6.07, 6.45) is 6.89. The van der Waals surface area contributed by atoms with E-state index < -0.39 is 0 Å². The Labute approximate surface area is 94.5 Å². The molecule has 0 spiro atoms. The van der Waals surface area contributed by atoms with E-state index in [1.54, 1.807) is 23.3 Å². The van der Waals surface area contributed by atoms with E-state index in [1.165, 1.54) is 5.56 Å². The molecule has 0 amide bonds. The maximum Gasteiger partial charge on any atom is 0.172 e. The summed E-state index contributed by atoms with van der Waals surface area (Å²) in [5, 5.41) is 7.53. The van der Waals surface area contributed by atoms with Crippen LogP contribution in [0.2, 0.25) is 0 Å². The molecular formula is C11H15N5. The second-order valence-electron chi connectivity index (χ2n) is 3.67. The SMILES string of the molecule is CNC(C)c1cnn(-c2cnccn2)c1C. The van der Waals surface area contributed by atoms with Crippen LogP contribution in [-0.2, 0) is 0 Å². The molecule has 5 nitrogen and oxygen atoms in total. The van der Waals surface area contributed by atoms with Gasteiger partial charge in [0.2, 0.25) is 0 Å². The van der Waals surface area contributed by atoms with Gasteiger partial charge in [-0.15, -0.1) is 0 Å². The highest BCUT2D eigenvalue weighted by Crippen LogP contribution is 2.18. The summed E-state index contributed by atoms with van der Waals surface area (Å²) < 4.78 is 1.80. The van der Waals surface area contributed by atoms with Gasteiger partial charge >= 0.3 is 0 Å². The first kappa shape index (κ1) is 10.8. The van der Waals surface area contributed by atoms with Crippen LogP contribution in [0.1, 0.15) is 24.2 Å². The fourth-order valence-electron chi connectivity index (χ4n) is 1.63. The molecule has 16 heavy (non-hydrogen) atoms. The molecule has 0 radical (unpaired) electrons. The van der Waals surface area contributed by atoms with Gasteiger partial charge in [0.25, 0.3) is 0 Å². The molecular weight excluding hydrogens is 202 g/mol. The summed E-state index contributed by atoms with van der Waals surface area (Å²) in [4.78, 5) is 8.26. The van der Waals surface area contributed by atoms with Crippen LogP contribution in [-0.4, -0.2) is 26.8 Å². The molecule has 84 valence electrons. The number of nitrogens with one attached hydrogen (secondary N) is 1. The van der Waals surface area contributed by atoms with Crippen LogP contribution in [0.4, 0.5) is 0 Å². The smallest absolute Gasteiger partial charge is 0.172 e. The lowest BCUT2D eigenvalue weighted by molar-refractivity contribution is 0.646. The molecule has 5 heteroatoms. The fraction of sp³-hybridized carbons (Fsp3) is 0.364. The van der Waals surface area contributed by atoms with Crippen LogP contribution in [0.3, 0.4) is 0 Å². The van der Waals surface area contributed by atoms with Crippen molar-refractivity contribution in [1.82, 2.24) is 25.1 Å². The molecule has 0 aromatic carbocycles. The van der Waals surface area contributed by atoms with Gasteiger partial charge in [0.15, 0.2) is 5.82 Å². The molecule has 2 aromatic heterocycles. The van der Waals surface area contributed by atoms with Gasteiger partial charge in [0.1, 0.15) is 0 Å². The largest absolute Gasteiger partial charge is 0.313 e. The van der Waals surface area contributed by atoms with Crippen molar-refractivity contribution in [3.63, 3.8) is 0 Å². The Balaban J connectivity index is 2.41. The Morgan fingerprint density at radius 1 is 1.31 bits per heavy atom. The normalized spacial score (nSPS) is 12.7. The van der Waals surface area contributed by atoms with Gasteiger partial charge in [0.05, 0.1) is 12.4 Å². The summed E-state index contributed by atoms with van der Waals surface area (Å²) in [5.74, 6) is 0.745. The molecule has 0 fully saturated rings. The summed E-state index contributed by atoms with van der Waals surface area (Å²) in [6.45, 7) is 4.13. The molecule has 2 heterocycles. The standard InChI is InChI=1S/C11H15N5/c1-8(12-3)10-6-15-16(9(10)2)11-7-13-4-5-14-11/h4-8,12H,1-3H3. The van der Waals surface area contributed by atoms with Crippen LogP contribution in [0.15, 0.2) is 24.8 Å². The number of nitrogens with zero attached hydrogens (tertiary/aromatic N) is 4. The first-order valence-electron chi connectivity index (χ1n) is 5.22. The molecule has 0 saturated carbocycles. The monoisotopic (exact) mass is 217 g/mol. The molecule has 0 aliphatic rings. The Bertz CT molecular complexity index is 462. The maximum absolute atomic E-state index is 4.33. The third-order valence-corrected chi connectivity index (χ3v) is 2.71. The van der Waals surface area contributed by atoms with E-state index >= 15 is 0 Å². The second-order valence-corrected chi connectivity index (χ2v) is 3.67. The highest BCUT2D eigenvalue weighted by atomic mass is 15.3. The first-order valence-corrected chi connectivity index (χ1v) is 5.22. The van der Waals surface area contributed by atoms with Crippen molar-refractivity contribution in [2.24, 2.45) is 0 Å². The zero-order chi connectivity index (χ0) is 11.5. The van der Waals surface area contributed by atoms with E-state index in [1.807, 2.05) is 20.2 Å². The van der Waals surface area contributed by atoms with E-state index in [4.69, 9.17) is 0 Å². The molecule has 1 atom stereocenters. The summed E-state index contributed by atoms with van der Waals surface area (Å²) in [6, 6.07) is 0.283. The highest BCUT2D eigenvalue weighted by molar-refractivity contribution is 5.27. The molecule has 1 N–H and O–H groups in total. The molecule has 2 rings (SSSR count). The minimum absolute atomic E-state index is 0.283. The maximum atomic E-state index is 4.33. The van der Waals surface area contributed by atoms with E-state index in [0.29, 0.717) is 0 Å². The topological polar surface area (TPSA) is 55.6 Å². The zero-order valence-electron chi connectivity index (χ0n) is 9.68. The lowest BCUT2D eigenvalue weighted by Gasteiger charge is -2.09. The summed E-state index contributed by atoms with van der Waals surface area (Å²) in [5.41, 5.74) is 2.26. The lowest BCUT2D eigenvalue weighted by Crippen LogP contribution is -2.13. The predicted octanol–water partition coefficient (Wildman–Crippen LogP) is 1.25. The minimum atomic E-state index is 0.283. The zero-order valence-corrected chi connectivity index (χ0v) is 9.68. The molecule has 0 saturated heterocycles. The number of rotatable bonds is 3. The van der Waals surface area contributed by atoms with Gasteiger partial charge in [0, 0.05) is 29.7 Å². The van der Waals surface area contributed by atoms with Crippen molar-refractivity contribution < 1.29 is 0 Å². The van der Waals surface area contributed by atoms with Crippen LogP contribution in [0, 0.1) is 6.92 Å². The van der Waals surface area contributed by atoms with Crippen molar-refractivity contribution in [2.75, 3.05) is 7.05 Å². The molecule has 0 bridgehead atoms. The van der Waals surface area contributed by atoms with Gasteiger partial charge < -0.3 is 5.32 Å². The summed E-state index contributed by atoms with van der Waals surface area (Å²) >= 11 is 0. The molecule has 1 unspecified atom stereocenters. The Hall–Kier alpha value is -1.75. The van der Waals surface area contributed by atoms with E-state index in [0.717, 1.165) is 11.5 Å². The molecule has 0 aliphatic heterocycles. The van der Waals surface area contributed by atoms with E-state index in [2.05, 4.69) is 27.3 Å². The quantitative estimate of drug-likeness (QED) is 0.840. The second kappa shape index (κ2) is 4.40. The first-order chi connectivity index (χ1) is 7.74. The highest BCUT2D eigenvalue weighted by Gasteiger charge is 2.12. The Morgan fingerprint density at radius 3 is 2.75 bits per heavy atom. The molecule has 0 aliphatic carbocycles. The van der Waals surface area contributed by atoms with E-state index in [9.17, 15) is 0 Å². The number of aromatic nitrogens is 4. The van der Waals surface area contributed by atoms with Crippen molar-refractivity contribution >= 4 is 0 Å². The van der Waals surface area contributed by atoms with Crippen LogP contribution in [0.5, 0.6) is 0 Å². The summed E-state index contributed by atoms with van der Waals surface area (Å²) in [7, 11) is 1.93.